The zero-order chi connectivity index (χ0) is 12.8. The molecule has 0 bridgehead atoms. The molecule has 1 rings (SSSR count). The van der Waals surface area contributed by atoms with Crippen LogP contribution < -0.4 is 4.74 Å². The van der Waals surface area contributed by atoms with E-state index < -0.39 is 0 Å². The normalized spacial score (nSPS) is 11.4. The molecule has 0 aliphatic heterocycles. The summed E-state index contributed by atoms with van der Waals surface area (Å²) in [6, 6.07) is 7.66. The van der Waals surface area contributed by atoms with Gasteiger partial charge in [0.15, 0.2) is 0 Å². The summed E-state index contributed by atoms with van der Waals surface area (Å²) in [6.45, 7) is 4.20. The van der Waals surface area contributed by atoms with E-state index in [4.69, 9.17) is 21.6 Å². The second-order valence-corrected chi connectivity index (χ2v) is 4.35. The van der Waals surface area contributed by atoms with Crippen LogP contribution in [-0.4, -0.2) is 13.0 Å². The van der Waals surface area contributed by atoms with Crippen molar-refractivity contribution in [2.45, 2.75) is 13.8 Å². The van der Waals surface area contributed by atoms with E-state index in [9.17, 15) is 0 Å². The van der Waals surface area contributed by atoms with E-state index in [0.29, 0.717) is 23.1 Å². The Morgan fingerprint density at radius 2 is 2.24 bits per heavy atom. The molecule has 0 aliphatic rings. The van der Waals surface area contributed by atoms with Gasteiger partial charge >= 0.3 is 0 Å². The van der Waals surface area contributed by atoms with Crippen molar-refractivity contribution in [3.8, 4) is 11.8 Å². The minimum atomic E-state index is 0.403. The average molecular weight is 250 g/mol. The Bertz CT molecular complexity index is 458. The second kappa shape index (κ2) is 6.32. The maximum atomic E-state index is 9.00. The highest BCUT2D eigenvalue weighted by Crippen LogP contribution is 2.22. The van der Waals surface area contributed by atoms with Crippen molar-refractivity contribution >= 4 is 17.7 Å². The molecule has 90 valence electrons. The molecule has 0 amide bonds. The largest absolute Gasteiger partial charge is 0.495 e. The maximum Gasteiger partial charge on any atom is 0.136 e. The molecule has 0 saturated carbocycles. The average Bonchev–Trinajstić information content (AvgIpc) is 2.35. The number of ether oxygens (including phenoxy) is 1. The summed E-state index contributed by atoms with van der Waals surface area (Å²) in [4.78, 5) is 0. The summed E-state index contributed by atoms with van der Waals surface area (Å²) in [5, 5.41) is 9.00. The van der Waals surface area contributed by atoms with Crippen LogP contribution in [-0.2, 0) is 0 Å². The van der Waals surface area contributed by atoms with E-state index in [1.807, 2.05) is 18.2 Å². The van der Waals surface area contributed by atoms with Crippen LogP contribution in [0.2, 0.25) is 0 Å². The Morgan fingerprint density at radius 3 is 2.71 bits per heavy atom. The molecule has 2 nitrogen and oxygen atoms in total. The van der Waals surface area contributed by atoms with Gasteiger partial charge in [-0.2, -0.15) is 5.26 Å². The smallest absolute Gasteiger partial charge is 0.136 e. The molecule has 0 aliphatic carbocycles. The Balaban J connectivity index is 3.13. The highest BCUT2D eigenvalue weighted by Gasteiger charge is 2.05. The Hall–Kier alpha value is -1.46. The lowest BCUT2D eigenvalue weighted by atomic mass is 10.0. The molecule has 0 saturated heterocycles. The van der Waals surface area contributed by atoms with Crippen molar-refractivity contribution in [3.05, 3.63) is 34.9 Å². The molecular formula is C14H16ClNO. The first-order valence-corrected chi connectivity index (χ1v) is 6.00. The zero-order valence-corrected chi connectivity index (χ0v) is 11.1. The van der Waals surface area contributed by atoms with E-state index in [1.165, 1.54) is 0 Å². The van der Waals surface area contributed by atoms with E-state index in [-0.39, 0.29) is 0 Å². The second-order valence-electron chi connectivity index (χ2n) is 4.08. The van der Waals surface area contributed by atoms with Gasteiger partial charge in [0.25, 0.3) is 0 Å². The first kappa shape index (κ1) is 13.6. The van der Waals surface area contributed by atoms with Crippen molar-refractivity contribution in [1.82, 2.24) is 0 Å². The maximum absolute atomic E-state index is 9.00. The summed E-state index contributed by atoms with van der Waals surface area (Å²) < 4.78 is 5.10. The molecule has 0 heterocycles. The molecule has 0 aromatic heterocycles. The Kier molecular flexibility index (Phi) is 5.06. The molecule has 1 aromatic rings. The molecule has 17 heavy (non-hydrogen) atoms. The minimum Gasteiger partial charge on any atom is -0.495 e. The van der Waals surface area contributed by atoms with Gasteiger partial charge in [0.05, 0.1) is 12.7 Å². The van der Waals surface area contributed by atoms with Gasteiger partial charge in [-0.3, -0.25) is 0 Å². The van der Waals surface area contributed by atoms with Gasteiger partial charge in [-0.15, -0.1) is 11.6 Å². The molecule has 0 radical (unpaired) electrons. The lowest BCUT2D eigenvalue weighted by Gasteiger charge is -2.08. The first-order chi connectivity index (χ1) is 8.12. The minimum absolute atomic E-state index is 0.403. The standard InChI is InChI=1S/C14H16ClNO/c1-10(2)12(8-15)6-11-4-5-14(17-3)13(7-11)9-16/h4-7,10H,8H2,1-3H3. The lowest BCUT2D eigenvalue weighted by molar-refractivity contribution is 0.413. The summed E-state index contributed by atoms with van der Waals surface area (Å²) in [5.74, 6) is 1.51. The Labute approximate surface area is 107 Å². The molecule has 1 aromatic carbocycles. The summed E-state index contributed by atoms with van der Waals surface area (Å²) in [5.41, 5.74) is 2.67. The highest BCUT2D eigenvalue weighted by atomic mass is 35.5. The summed E-state index contributed by atoms with van der Waals surface area (Å²) in [7, 11) is 1.56. The third-order valence-corrected chi connectivity index (χ3v) is 2.90. The monoisotopic (exact) mass is 249 g/mol. The lowest BCUT2D eigenvalue weighted by Crippen LogP contribution is -1.95. The molecule has 0 N–H and O–H groups in total. The number of benzene rings is 1. The van der Waals surface area contributed by atoms with E-state index in [2.05, 4.69) is 19.9 Å². The van der Waals surface area contributed by atoms with E-state index in [1.54, 1.807) is 13.2 Å². The number of rotatable bonds is 4. The predicted molar refractivity (Wildman–Crippen MR) is 71.2 cm³/mol. The number of hydrogen-bond acceptors (Lipinski definition) is 2. The van der Waals surface area contributed by atoms with Crippen LogP contribution in [0.3, 0.4) is 0 Å². The number of hydrogen-bond donors (Lipinski definition) is 0. The van der Waals surface area contributed by atoms with Crippen LogP contribution in [0, 0.1) is 17.2 Å². The fraction of sp³-hybridized carbons (Fsp3) is 0.357. The fourth-order valence-corrected chi connectivity index (χ4v) is 1.86. The number of nitrogens with zero attached hydrogens (tertiary/aromatic N) is 1. The van der Waals surface area contributed by atoms with Gasteiger partial charge in [-0.1, -0.05) is 31.6 Å². The number of halogens is 1. The number of nitriles is 1. The van der Waals surface area contributed by atoms with Gasteiger partial charge in [0, 0.05) is 5.88 Å². The van der Waals surface area contributed by atoms with Crippen molar-refractivity contribution in [3.63, 3.8) is 0 Å². The summed E-state index contributed by atoms with van der Waals surface area (Å²) in [6.07, 6.45) is 2.03. The molecule has 3 heteroatoms. The first-order valence-electron chi connectivity index (χ1n) is 5.47. The van der Waals surface area contributed by atoms with Crippen LogP contribution in [0.5, 0.6) is 5.75 Å². The number of alkyl halides is 1. The topological polar surface area (TPSA) is 33.0 Å². The third kappa shape index (κ3) is 3.51. The molecular weight excluding hydrogens is 234 g/mol. The van der Waals surface area contributed by atoms with Crippen molar-refractivity contribution in [1.29, 1.82) is 5.26 Å². The number of allylic oxidation sites excluding steroid dienone is 1. The van der Waals surface area contributed by atoms with Crippen LogP contribution in [0.4, 0.5) is 0 Å². The van der Waals surface area contributed by atoms with Crippen molar-refractivity contribution < 1.29 is 4.74 Å². The van der Waals surface area contributed by atoms with E-state index >= 15 is 0 Å². The third-order valence-electron chi connectivity index (χ3n) is 2.59. The zero-order valence-electron chi connectivity index (χ0n) is 10.3. The van der Waals surface area contributed by atoms with E-state index in [0.717, 1.165) is 11.1 Å². The summed E-state index contributed by atoms with van der Waals surface area (Å²) >= 11 is 5.89. The molecule has 0 unspecified atom stereocenters. The molecule has 0 atom stereocenters. The van der Waals surface area contributed by atoms with Gasteiger partial charge in [0.2, 0.25) is 0 Å². The quantitative estimate of drug-likeness (QED) is 0.760. The predicted octanol–water partition coefficient (Wildman–Crippen LogP) is 3.85. The van der Waals surface area contributed by atoms with Gasteiger partial charge in [-0.25, -0.2) is 0 Å². The van der Waals surface area contributed by atoms with Crippen molar-refractivity contribution in [2.24, 2.45) is 5.92 Å². The SMILES string of the molecule is COc1ccc(C=C(CCl)C(C)C)cc1C#N. The van der Waals surface area contributed by atoms with Gasteiger partial charge in [-0.05, 0) is 23.6 Å². The fourth-order valence-electron chi connectivity index (χ4n) is 1.48. The van der Waals surface area contributed by atoms with Crippen LogP contribution in [0.25, 0.3) is 6.08 Å². The van der Waals surface area contributed by atoms with Crippen LogP contribution in [0.15, 0.2) is 23.8 Å². The highest BCUT2D eigenvalue weighted by molar-refractivity contribution is 6.19. The van der Waals surface area contributed by atoms with Crippen LogP contribution >= 0.6 is 11.6 Å². The number of methoxy groups -OCH3 is 1. The van der Waals surface area contributed by atoms with Gasteiger partial charge < -0.3 is 4.74 Å². The molecule has 0 fully saturated rings. The Morgan fingerprint density at radius 1 is 1.53 bits per heavy atom. The van der Waals surface area contributed by atoms with Crippen LogP contribution in [0.1, 0.15) is 25.0 Å². The van der Waals surface area contributed by atoms with Gasteiger partial charge in [0.1, 0.15) is 11.8 Å². The van der Waals surface area contributed by atoms with Crippen molar-refractivity contribution in [2.75, 3.05) is 13.0 Å². The molecule has 0 spiro atoms.